The predicted octanol–water partition coefficient (Wildman–Crippen LogP) is 1.18. The topological polar surface area (TPSA) is 91.9 Å². The van der Waals surface area contributed by atoms with Gasteiger partial charge in [-0.25, -0.2) is 13.1 Å². The maximum atomic E-state index is 12.6. The first-order valence-corrected chi connectivity index (χ1v) is 8.41. The second kappa shape index (κ2) is 5.87. The predicted molar refractivity (Wildman–Crippen MR) is 78.2 cm³/mol. The van der Waals surface area contributed by atoms with E-state index in [0.717, 1.165) is 0 Å². The van der Waals surface area contributed by atoms with Crippen LogP contribution in [0.4, 0.5) is 0 Å². The summed E-state index contributed by atoms with van der Waals surface area (Å²) in [6.45, 7) is 0.903. The molecule has 8 heteroatoms. The van der Waals surface area contributed by atoms with E-state index in [0.29, 0.717) is 31.5 Å². The first kappa shape index (κ1) is 14.7. The fourth-order valence-electron chi connectivity index (χ4n) is 2.61. The van der Waals surface area contributed by atoms with Crippen LogP contribution in [-0.2, 0) is 10.0 Å². The minimum Gasteiger partial charge on any atom is -0.249 e. The molecule has 1 aromatic carbocycles. The minimum absolute atomic E-state index is 0.190. The third-order valence-corrected chi connectivity index (χ3v) is 5.77. The maximum absolute atomic E-state index is 12.6. The lowest BCUT2D eigenvalue weighted by atomic mass is 10.1. The summed E-state index contributed by atoms with van der Waals surface area (Å²) < 4.78 is 28.4. The van der Waals surface area contributed by atoms with Crippen LogP contribution in [0.1, 0.15) is 24.4 Å². The fourth-order valence-corrected chi connectivity index (χ4v) is 4.08. The molecule has 0 amide bonds. The van der Waals surface area contributed by atoms with Crippen LogP contribution in [0.2, 0.25) is 0 Å². The Bertz CT molecular complexity index is 770. The first-order valence-electron chi connectivity index (χ1n) is 6.97. The summed E-state index contributed by atoms with van der Waals surface area (Å²) in [7, 11) is -3.50. The average molecular weight is 317 g/mol. The Morgan fingerprint density at radius 3 is 2.41 bits per heavy atom. The molecule has 1 fully saturated rings. The molecule has 0 saturated carbocycles. The van der Waals surface area contributed by atoms with Crippen LogP contribution in [0, 0.1) is 11.3 Å². The highest BCUT2D eigenvalue weighted by molar-refractivity contribution is 7.89. The molecular weight excluding hydrogens is 302 g/mol. The van der Waals surface area contributed by atoms with E-state index in [9.17, 15) is 8.42 Å². The second-order valence-corrected chi connectivity index (χ2v) is 7.09. The number of hydrogen-bond donors (Lipinski definition) is 0. The van der Waals surface area contributed by atoms with E-state index in [-0.39, 0.29) is 10.9 Å². The number of sulfonamides is 1. The van der Waals surface area contributed by atoms with E-state index < -0.39 is 10.0 Å². The summed E-state index contributed by atoms with van der Waals surface area (Å²) in [6.07, 6.45) is 4.84. The lowest BCUT2D eigenvalue weighted by Crippen LogP contribution is -2.39. The molecule has 0 unspecified atom stereocenters. The highest BCUT2D eigenvalue weighted by atomic mass is 32.2. The number of nitriles is 1. The van der Waals surface area contributed by atoms with Crippen molar-refractivity contribution in [1.82, 2.24) is 19.3 Å². The monoisotopic (exact) mass is 317 g/mol. The molecule has 0 aliphatic carbocycles. The zero-order chi connectivity index (χ0) is 15.6. The van der Waals surface area contributed by atoms with Crippen molar-refractivity contribution in [3.8, 4) is 6.07 Å². The van der Waals surface area contributed by atoms with Crippen molar-refractivity contribution < 1.29 is 8.42 Å². The molecule has 22 heavy (non-hydrogen) atoms. The molecule has 0 radical (unpaired) electrons. The van der Waals surface area contributed by atoms with E-state index in [1.165, 1.54) is 28.6 Å². The summed E-state index contributed by atoms with van der Waals surface area (Å²) in [5, 5.41) is 16.5. The Morgan fingerprint density at radius 1 is 1.18 bits per heavy atom. The Morgan fingerprint density at radius 2 is 1.86 bits per heavy atom. The molecule has 114 valence electrons. The van der Waals surface area contributed by atoms with Gasteiger partial charge in [0.15, 0.2) is 0 Å². The number of aromatic nitrogens is 3. The van der Waals surface area contributed by atoms with Gasteiger partial charge in [-0.1, -0.05) is 5.21 Å². The Labute approximate surface area is 128 Å². The molecular formula is C14H15N5O2S. The van der Waals surface area contributed by atoms with Gasteiger partial charge in [0, 0.05) is 19.3 Å². The number of nitrogens with zero attached hydrogens (tertiary/aromatic N) is 5. The molecule has 1 aromatic heterocycles. The van der Waals surface area contributed by atoms with E-state index in [4.69, 9.17) is 5.26 Å². The molecule has 2 heterocycles. The zero-order valence-electron chi connectivity index (χ0n) is 11.8. The summed E-state index contributed by atoms with van der Waals surface area (Å²) in [5.74, 6) is 0. The van der Waals surface area contributed by atoms with Crippen molar-refractivity contribution in [1.29, 1.82) is 5.26 Å². The molecule has 1 aliphatic heterocycles. The second-order valence-electron chi connectivity index (χ2n) is 5.15. The SMILES string of the molecule is N#Cc1ccc(S(=O)(=O)N2CCC(n3ccnn3)CC2)cc1. The number of rotatable bonds is 3. The standard InChI is InChI=1S/C14H15N5O2S/c15-11-12-1-3-14(4-2-12)22(20,21)18-8-5-13(6-9-18)19-10-7-16-17-19/h1-4,7,10,13H,5-6,8-9H2. The smallest absolute Gasteiger partial charge is 0.243 e. The third-order valence-electron chi connectivity index (χ3n) is 3.86. The van der Waals surface area contributed by atoms with Gasteiger partial charge in [0.25, 0.3) is 0 Å². The van der Waals surface area contributed by atoms with Crippen molar-refractivity contribution >= 4 is 10.0 Å². The molecule has 0 N–H and O–H groups in total. The van der Waals surface area contributed by atoms with Crippen molar-refractivity contribution in [3.05, 3.63) is 42.2 Å². The Balaban J connectivity index is 1.73. The van der Waals surface area contributed by atoms with Gasteiger partial charge in [-0.2, -0.15) is 9.57 Å². The highest BCUT2D eigenvalue weighted by Crippen LogP contribution is 2.26. The van der Waals surface area contributed by atoms with Crippen molar-refractivity contribution in [3.63, 3.8) is 0 Å². The molecule has 3 rings (SSSR count). The van der Waals surface area contributed by atoms with Crippen LogP contribution >= 0.6 is 0 Å². The van der Waals surface area contributed by atoms with E-state index >= 15 is 0 Å². The molecule has 7 nitrogen and oxygen atoms in total. The zero-order valence-corrected chi connectivity index (χ0v) is 12.6. The fraction of sp³-hybridized carbons (Fsp3) is 0.357. The number of hydrogen-bond acceptors (Lipinski definition) is 5. The van der Waals surface area contributed by atoms with Crippen LogP contribution in [-0.4, -0.2) is 40.8 Å². The third kappa shape index (κ3) is 2.73. The highest BCUT2D eigenvalue weighted by Gasteiger charge is 2.30. The molecule has 0 atom stereocenters. The lowest BCUT2D eigenvalue weighted by Gasteiger charge is -2.31. The van der Waals surface area contributed by atoms with Crippen molar-refractivity contribution in [2.45, 2.75) is 23.8 Å². The van der Waals surface area contributed by atoms with Crippen LogP contribution in [0.3, 0.4) is 0 Å². The van der Waals surface area contributed by atoms with E-state index in [1.54, 1.807) is 17.1 Å². The number of piperidine rings is 1. The van der Waals surface area contributed by atoms with Crippen LogP contribution in [0.5, 0.6) is 0 Å². The first-order chi connectivity index (χ1) is 10.6. The van der Waals surface area contributed by atoms with Gasteiger partial charge < -0.3 is 0 Å². The Kier molecular flexibility index (Phi) is 3.92. The Hall–Kier alpha value is -2.24. The summed E-state index contributed by atoms with van der Waals surface area (Å²) in [4.78, 5) is 0.228. The van der Waals surface area contributed by atoms with Gasteiger partial charge in [0.2, 0.25) is 10.0 Å². The lowest BCUT2D eigenvalue weighted by molar-refractivity contribution is 0.258. The van der Waals surface area contributed by atoms with Gasteiger partial charge in [0.05, 0.1) is 28.8 Å². The van der Waals surface area contributed by atoms with Gasteiger partial charge in [-0.15, -0.1) is 5.10 Å². The number of benzene rings is 1. The summed E-state index contributed by atoms with van der Waals surface area (Å²) in [6, 6.07) is 8.19. The van der Waals surface area contributed by atoms with Crippen LogP contribution in [0.15, 0.2) is 41.6 Å². The molecule has 1 saturated heterocycles. The largest absolute Gasteiger partial charge is 0.249 e. The quantitative estimate of drug-likeness (QED) is 0.847. The normalized spacial score (nSPS) is 17.2. The van der Waals surface area contributed by atoms with Gasteiger partial charge in [-0.3, -0.25) is 0 Å². The minimum atomic E-state index is -3.50. The summed E-state index contributed by atoms with van der Waals surface area (Å²) in [5.41, 5.74) is 0.448. The van der Waals surface area contributed by atoms with Crippen LogP contribution in [0.25, 0.3) is 0 Å². The molecule has 2 aromatic rings. The van der Waals surface area contributed by atoms with Crippen molar-refractivity contribution in [2.75, 3.05) is 13.1 Å². The van der Waals surface area contributed by atoms with Gasteiger partial charge >= 0.3 is 0 Å². The average Bonchev–Trinajstić information content (AvgIpc) is 3.09. The van der Waals surface area contributed by atoms with Gasteiger partial charge in [0.1, 0.15) is 0 Å². The molecule has 0 spiro atoms. The molecule has 0 bridgehead atoms. The van der Waals surface area contributed by atoms with Gasteiger partial charge in [-0.05, 0) is 37.1 Å². The maximum Gasteiger partial charge on any atom is 0.243 e. The van der Waals surface area contributed by atoms with Crippen LogP contribution < -0.4 is 0 Å². The van der Waals surface area contributed by atoms with E-state index in [1.807, 2.05) is 6.07 Å². The van der Waals surface area contributed by atoms with E-state index in [2.05, 4.69) is 10.3 Å². The summed E-state index contributed by atoms with van der Waals surface area (Å²) >= 11 is 0. The molecule has 1 aliphatic rings. The van der Waals surface area contributed by atoms with Crippen molar-refractivity contribution in [2.24, 2.45) is 0 Å².